The van der Waals surface area contributed by atoms with Gasteiger partial charge in [-0.15, -0.1) is 0 Å². The number of fused-ring (bicyclic) bond motifs is 3. The van der Waals surface area contributed by atoms with E-state index in [-0.39, 0.29) is 0 Å². The van der Waals surface area contributed by atoms with Crippen molar-refractivity contribution in [1.29, 1.82) is 0 Å². The Balaban J connectivity index is 1.16. The van der Waals surface area contributed by atoms with E-state index in [1.807, 2.05) is 0 Å². The van der Waals surface area contributed by atoms with E-state index in [2.05, 4.69) is 264 Å². The van der Waals surface area contributed by atoms with Crippen molar-refractivity contribution in [2.45, 2.75) is 0 Å². The van der Waals surface area contributed by atoms with Gasteiger partial charge in [0.15, 0.2) is 0 Å². The largest absolute Gasteiger partial charge is 0.310 e. The molecule has 10 aromatic carbocycles. The third-order valence-electron chi connectivity index (χ3n) is 12.0. The second kappa shape index (κ2) is 16.1. The highest BCUT2D eigenvalue weighted by Gasteiger charge is 2.23. The molecule has 1 aromatic heterocycles. The molecule has 0 saturated carbocycles. The molecular formula is C60H42N2. The van der Waals surface area contributed by atoms with Gasteiger partial charge in [-0.25, -0.2) is 0 Å². The van der Waals surface area contributed by atoms with Gasteiger partial charge in [-0.3, -0.25) is 0 Å². The molecule has 2 heteroatoms. The third kappa shape index (κ3) is 6.74. The van der Waals surface area contributed by atoms with Gasteiger partial charge in [0.1, 0.15) is 0 Å². The van der Waals surface area contributed by atoms with Crippen molar-refractivity contribution < 1.29 is 0 Å². The van der Waals surface area contributed by atoms with Crippen LogP contribution in [0.4, 0.5) is 17.1 Å². The maximum atomic E-state index is 2.47. The van der Waals surface area contributed by atoms with Crippen LogP contribution in [0.3, 0.4) is 0 Å². The summed E-state index contributed by atoms with van der Waals surface area (Å²) in [6.07, 6.45) is 0. The predicted molar refractivity (Wildman–Crippen MR) is 263 cm³/mol. The molecule has 0 N–H and O–H groups in total. The maximum absolute atomic E-state index is 2.47. The fourth-order valence-electron chi connectivity index (χ4n) is 9.12. The maximum Gasteiger partial charge on any atom is 0.0562 e. The van der Waals surface area contributed by atoms with Gasteiger partial charge in [0.2, 0.25) is 0 Å². The van der Waals surface area contributed by atoms with Crippen molar-refractivity contribution in [1.82, 2.24) is 4.57 Å². The number of anilines is 3. The molecule has 0 atom stereocenters. The van der Waals surface area contributed by atoms with Crippen LogP contribution in [0.2, 0.25) is 0 Å². The minimum atomic E-state index is 1.07. The number of hydrogen-bond donors (Lipinski definition) is 0. The summed E-state index contributed by atoms with van der Waals surface area (Å²) in [5, 5.41) is 2.43. The molecule has 0 aliphatic carbocycles. The van der Waals surface area contributed by atoms with Gasteiger partial charge in [0, 0.05) is 33.3 Å². The summed E-state index contributed by atoms with van der Waals surface area (Å²) in [7, 11) is 0. The van der Waals surface area contributed by atoms with Gasteiger partial charge in [0.05, 0.1) is 22.4 Å². The Hall–Kier alpha value is -8.20. The number of rotatable bonds is 9. The molecule has 0 radical (unpaired) electrons. The summed E-state index contributed by atoms with van der Waals surface area (Å²) in [6, 6.07) is 92.1. The second-order valence-electron chi connectivity index (χ2n) is 15.7. The summed E-state index contributed by atoms with van der Waals surface area (Å²) in [6.45, 7) is 0. The normalized spacial score (nSPS) is 11.2. The highest BCUT2D eigenvalue weighted by Crippen LogP contribution is 2.47. The van der Waals surface area contributed by atoms with Crippen LogP contribution in [0, 0.1) is 0 Å². The summed E-state index contributed by atoms with van der Waals surface area (Å²) >= 11 is 0. The lowest BCUT2D eigenvalue weighted by atomic mass is 9.92. The van der Waals surface area contributed by atoms with Crippen LogP contribution in [0.25, 0.3) is 83.1 Å². The lowest BCUT2D eigenvalue weighted by molar-refractivity contribution is 1.18. The first-order valence-electron chi connectivity index (χ1n) is 21.3. The molecule has 0 unspecified atom stereocenters. The quantitative estimate of drug-likeness (QED) is 0.141. The van der Waals surface area contributed by atoms with Crippen molar-refractivity contribution in [2.24, 2.45) is 0 Å². The van der Waals surface area contributed by atoms with Gasteiger partial charge >= 0.3 is 0 Å². The Morgan fingerprint density at radius 3 is 1.50 bits per heavy atom. The van der Waals surface area contributed by atoms with E-state index in [9.17, 15) is 0 Å². The van der Waals surface area contributed by atoms with Crippen LogP contribution in [-0.2, 0) is 0 Å². The molecule has 0 amide bonds. The Kier molecular flexibility index (Phi) is 9.57. The Morgan fingerprint density at radius 2 is 0.774 bits per heavy atom. The zero-order chi connectivity index (χ0) is 41.2. The van der Waals surface area contributed by atoms with Crippen LogP contribution in [0.15, 0.2) is 255 Å². The van der Waals surface area contributed by atoms with Gasteiger partial charge in [-0.2, -0.15) is 0 Å². The molecule has 0 aliphatic heterocycles. The molecule has 11 aromatic rings. The molecule has 0 spiro atoms. The molecule has 0 fully saturated rings. The van der Waals surface area contributed by atoms with Crippen molar-refractivity contribution in [3.05, 3.63) is 255 Å². The topological polar surface area (TPSA) is 8.17 Å². The first kappa shape index (κ1) is 36.8. The standard InChI is InChI=1S/C60H42N2/c1-5-19-43(20-6-1)45-35-37-50(38-36-45)61(58-34-18-31-53(46-23-9-3-10-24-46)60(58)47-25-11-4-12-26-47)51-39-40-55-54-30-14-16-33-57(54)62(59(55)42-51)56-32-15-13-29-52(56)49-28-17-27-48(41-49)44-21-7-2-8-22-44/h1-42H. The molecule has 292 valence electrons. The van der Waals surface area contributed by atoms with Crippen LogP contribution in [-0.4, -0.2) is 4.57 Å². The number of para-hydroxylation sites is 2. The predicted octanol–water partition coefficient (Wildman–Crippen LogP) is 16.6. The van der Waals surface area contributed by atoms with Crippen LogP contribution < -0.4 is 4.90 Å². The van der Waals surface area contributed by atoms with Crippen molar-refractivity contribution in [3.8, 4) is 61.3 Å². The monoisotopic (exact) mass is 790 g/mol. The Morgan fingerprint density at radius 1 is 0.274 bits per heavy atom. The van der Waals surface area contributed by atoms with E-state index >= 15 is 0 Å². The first-order chi connectivity index (χ1) is 30.8. The van der Waals surface area contributed by atoms with Gasteiger partial charge in [0.25, 0.3) is 0 Å². The zero-order valence-corrected chi connectivity index (χ0v) is 34.1. The molecule has 0 saturated heterocycles. The zero-order valence-electron chi connectivity index (χ0n) is 34.1. The Labute approximate surface area is 362 Å². The van der Waals surface area contributed by atoms with Gasteiger partial charge < -0.3 is 9.47 Å². The summed E-state index contributed by atoms with van der Waals surface area (Å²) < 4.78 is 2.47. The van der Waals surface area contributed by atoms with Crippen LogP contribution in [0.1, 0.15) is 0 Å². The fraction of sp³-hybridized carbons (Fsp3) is 0. The molecule has 11 rings (SSSR count). The number of aromatic nitrogens is 1. The Bertz CT molecular complexity index is 3310. The molecule has 1 heterocycles. The second-order valence-corrected chi connectivity index (χ2v) is 15.7. The van der Waals surface area contributed by atoms with Crippen LogP contribution >= 0.6 is 0 Å². The number of benzene rings is 10. The SMILES string of the molecule is c1ccc(-c2ccc(N(c3ccc4c5ccccc5n(-c5ccccc5-c5cccc(-c6ccccc6)c5)c4c3)c3cccc(-c4ccccc4)c3-c3ccccc3)cc2)cc1. The van der Waals surface area contributed by atoms with E-state index in [1.165, 1.54) is 66.4 Å². The van der Waals surface area contributed by atoms with E-state index in [0.29, 0.717) is 0 Å². The summed E-state index contributed by atoms with van der Waals surface area (Å²) in [5.74, 6) is 0. The summed E-state index contributed by atoms with van der Waals surface area (Å²) in [5.41, 5.74) is 18.5. The molecule has 2 nitrogen and oxygen atoms in total. The van der Waals surface area contributed by atoms with Crippen molar-refractivity contribution >= 4 is 38.9 Å². The summed E-state index contributed by atoms with van der Waals surface area (Å²) in [4.78, 5) is 2.44. The number of nitrogens with zero attached hydrogens (tertiary/aromatic N) is 2. The van der Waals surface area contributed by atoms with Gasteiger partial charge in [-0.1, -0.05) is 206 Å². The third-order valence-corrected chi connectivity index (χ3v) is 12.0. The number of hydrogen-bond acceptors (Lipinski definition) is 1. The van der Waals surface area contributed by atoms with Crippen molar-refractivity contribution in [3.63, 3.8) is 0 Å². The molecule has 62 heavy (non-hydrogen) atoms. The minimum Gasteiger partial charge on any atom is -0.310 e. The average molecular weight is 791 g/mol. The molecular weight excluding hydrogens is 749 g/mol. The van der Waals surface area contributed by atoms with E-state index in [4.69, 9.17) is 0 Å². The highest BCUT2D eigenvalue weighted by atomic mass is 15.1. The molecule has 0 bridgehead atoms. The minimum absolute atomic E-state index is 1.07. The van der Waals surface area contributed by atoms with E-state index < -0.39 is 0 Å². The first-order valence-corrected chi connectivity index (χ1v) is 21.3. The molecule has 0 aliphatic rings. The van der Waals surface area contributed by atoms with Gasteiger partial charge in [-0.05, 0) is 93.0 Å². The van der Waals surface area contributed by atoms with Crippen LogP contribution in [0.5, 0.6) is 0 Å². The smallest absolute Gasteiger partial charge is 0.0562 e. The van der Waals surface area contributed by atoms with Crippen molar-refractivity contribution in [2.75, 3.05) is 4.90 Å². The lowest BCUT2D eigenvalue weighted by Crippen LogP contribution is -2.12. The van der Waals surface area contributed by atoms with E-state index in [1.54, 1.807) is 0 Å². The van der Waals surface area contributed by atoms with E-state index in [0.717, 1.165) is 33.8 Å². The lowest BCUT2D eigenvalue weighted by Gasteiger charge is -2.29. The highest BCUT2D eigenvalue weighted by molar-refractivity contribution is 6.11. The average Bonchev–Trinajstić information content (AvgIpc) is 3.69. The fourth-order valence-corrected chi connectivity index (χ4v) is 9.12.